The number of hydrogen-bond acceptors (Lipinski definition) is 4. The molecule has 6 heteroatoms. The summed E-state index contributed by atoms with van der Waals surface area (Å²) in [6.07, 6.45) is 1.74. The predicted octanol–water partition coefficient (Wildman–Crippen LogP) is 3.35. The Hall–Kier alpha value is -1.95. The Balaban J connectivity index is 1.94. The number of urea groups is 1. The second-order valence-electron chi connectivity index (χ2n) is 5.55. The van der Waals surface area contributed by atoms with Gasteiger partial charge in [0.05, 0.1) is 24.0 Å². The summed E-state index contributed by atoms with van der Waals surface area (Å²) in [6, 6.07) is 5.42. The lowest BCUT2D eigenvalue weighted by Crippen LogP contribution is -2.39. The molecule has 1 atom stereocenters. The van der Waals surface area contributed by atoms with Crippen LogP contribution in [0.5, 0.6) is 0 Å². The van der Waals surface area contributed by atoms with Crippen LogP contribution in [0.25, 0.3) is 0 Å². The molecule has 0 saturated carbocycles. The Morgan fingerprint density at radius 1 is 1.32 bits per heavy atom. The summed E-state index contributed by atoms with van der Waals surface area (Å²) in [5, 5.41) is 6.77. The number of pyridine rings is 1. The van der Waals surface area contributed by atoms with Crippen LogP contribution in [0, 0.1) is 19.8 Å². The van der Waals surface area contributed by atoms with Crippen molar-refractivity contribution in [3.63, 3.8) is 0 Å². The monoisotopic (exact) mass is 318 g/mol. The molecule has 0 spiro atoms. The summed E-state index contributed by atoms with van der Waals surface area (Å²) in [5.74, 6) is 0.255. The zero-order valence-electron chi connectivity index (χ0n) is 13.4. The third kappa shape index (κ3) is 4.27. The van der Waals surface area contributed by atoms with Gasteiger partial charge in [0, 0.05) is 11.1 Å². The molecule has 0 fully saturated rings. The Kier molecular flexibility index (Phi) is 5.49. The highest BCUT2D eigenvalue weighted by atomic mass is 32.1. The fourth-order valence-electron chi connectivity index (χ4n) is 2.11. The Bertz CT molecular complexity index is 605. The number of rotatable bonds is 5. The summed E-state index contributed by atoms with van der Waals surface area (Å²) in [5.41, 5.74) is 1.89. The van der Waals surface area contributed by atoms with E-state index in [0.29, 0.717) is 6.54 Å². The molecule has 0 unspecified atom stereocenters. The third-order valence-corrected chi connectivity index (χ3v) is 4.51. The van der Waals surface area contributed by atoms with E-state index in [-0.39, 0.29) is 18.0 Å². The van der Waals surface area contributed by atoms with Gasteiger partial charge in [-0.15, -0.1) is 11.3 Å². The first-order valence-corrected chi connectivity index (χ1v) is 8.17. The minimum absolute atomic E-state index is 0.110. The van der Waals surface area contributed by atoms with E-state index < -0.39 is 0 Å². The zero-order chi connectivity index (χ0) is 16.1. The van der Waals surface area contributed by atoms with Crippen LogP contribution in [0.15, 0.2) is 24.4 Å². The summed E-state index contributed by atoms with van der Waals surface area (Å²) in [7, 11) is 0. The molecule has 2 amide bonds. The van der Waals surface area contributed by atoms with E-state index in [9.17, 15) is 4.79 Å². The second-order valence-corrected chi connectivity index (χ2v) is 6.84. The van der Waals surface area contributed by atoms with Crippen molar-refractivity contribution < 1.29 is 4.79 Å². The molecule has 2 heterocycles. The smallest absolute Gasteiger partial charge is 0.315 e. The van der Waals surface area contributed by atoms with Crippen LogP contribution in [-0.2, 0) is 6.54 Å². The van der Waals surface area contributed by atoms with Gasteiger partial charge in [-0.25, -0.2) is 9.78 Å². The van der Waals surface area contributed by atoms with Gasteiger partial charge in [-0.2, -0.15) is 0 Å². The molecule has 118 valence electrons. The van der Waals surface area contributed by atoms with Crippen molar-refractivity contribution in [1.82, 2.24) is 20.6 Å². The number of hydrogen-bond donors (Lipinski definition) is 2. The van der Waals surface area contributed by atoms with Crippen molar-refractivity contribution in [2.75, 3.05) is 0 Å². The summed E-state index contributed by atoms with van der Waals surface area (Å²) < 4.78 is 0. The lowest BCUT2D eigenvalue weighted by atomic mass is 10.0. The Labute approximate surface area is 135 Å². The number of aryl methyl sites for hydroxylation is 2. The number of thiazole rings is 1. The van der Waals surface area contributed by atoms with Crippen LogP contribution in [0.2, 0.25) is 0 Å². The normalized spacial score (nSPS) is 12.2. The maximum Gasteiger partial charge on any atom is 0.315 e. The highest BCUT2D eigenvalue weighted by molar-refractivity contribution is 7.11. The van der Waals surface area contributed by atoms with E-state index in [1.165, 1.54) is 4.88 Å². The van der Waals surface area contributed by atoms with Crippen LogP contribution in [0.3, 0.4) is 0 Å². The Morgan fingerprint density at radius 2 is 2.09 bits per heavy atom. The van der Waals surface area contributed by atoms with E-state index in [0.717, 1.165) is 16.4 Å². The molecule has 0 saturated heterocycles. The van der Waals surface area contributed by atoms with Crippen LogP contribution in [-0.4, -0.2) is 16.0 Å². The summed E-state index contributed by atoms with van der Waals surface area (Å²) in [6.45, 7) is 8.58. The second kappa shape index (κ2) is 7.35. The summed E-state index contributed by atoms with van der Waals surface area (Å²) >= 11 is 1.61. The molecule has 2 N–H and O–H groups in total. The zero-order valence-corrected chi connectivity index (χ0v) is 14.2. The number of nitrogens with one attached hydrogen (secondary N) is 2. The van der Waals surface area contributed by atoms with E-state index in [4.69, 9.17) is 0 Å². The van der Waals surface area contributed by atoms with Gasteiger partial charge < -0.3 is 10.6 Å². The molecular weight excluding hydrogens is 296 g/mol. The lowest BCUT2D eigenvalue weighted by Gasteiger charge is -2.21. The third-order valence-electron chi connectivity index (χ3n) is 3.43. The van der Waals surface area contributed by atoms with Crippen LogP contribution in [0.4, 0.5) is 4.79 Å². The number of carbonyl (C=O) groups excluding carboxylic acids is 1. The molecule has 0 radical (unpaired) electrons. The molecule has 0 aliphatic carbocycles. The highest BCUT2D eigenvalue weighted by Crippen LogP contribution is 2.19. The van der Waals surface area contributed by atoms with Gasteiger partial charge in [-0.3, -0.25) is 4.98 Å². The minimum Gasteiger partial charge on any atom is -0.332 e. The minimum atomic E-state index is -0.199. The molecule has 0 bridgehead atoms. The first kappa shape index (κ1) is 16.4. The molecule has 22 heavy (non-hydrogen) atoms. The lowest BCUT2D eigenvalue weighted by molar-refractivity contribution is 0.232. The van der Waals surface area contributed by atoms with E-state index in [1.54, 1.807) is 17.5 Å². The maximum absolute atomic E-state index is 12.1. The van der Waals surface area contributed by atoms with E-state index in [2.05, 4.69) is 34.4 Å². The fourth-order valence-corrected chi connectivity index (χ4v) is 2.98. The Morgan fingerprint density at radius 3 is 2.64 bits per heavy atom. The standard InChI is InChI=1S/C16H22N4OS/c1-10(2)15(13-7-5-6-8-17-13)20-16(21)18-9-14-19-11(3)12(4)22-14/h5-8,10,15H,9H2,1-4H3,(H2,18,20,21)/t15-/m1/s1. The molecule has 5 nitrogen and oxygen atoms in total. The number of amides is 2. The van der Waals surface area contributed by atoms with Crippen LogP contribution < -0.4 is 10.6 Å². The van der Waals surface area contributed by atoms with Gasteiger partial charge in [0.25, 0.3) is 0 Å². The van der Waals surface area contributed by atoms with Crippen LogP contribution in [0.1, 0.15) is 41.2 Å². The van der Waals surface area contributed by atoms with Crippen molar-refractivity contribution in [1.29, 1.82) is 0 Å². The number of aromatic nitrogens is 2. The quantitative estimate of drug-likeness (QED) is 0.888. The van der Waals surface area contributed by atoms with Gasteiger partial charge in [-0.05, 0) is 31.9 Å². The fraction of sp³-hybridized carbons (Fsp3) is 0.438. The average Bonchev–Trinajstić information content (AvgIpc) is 2.82. The first-order chi connectivity index (χ1) is 10.5. The van der Waals surface area contributed by atoms with Gasteiger partial charge >= 0.3 is 6.03 Å². The van der Waals surface area contributed by atoms with Crippen molar-refractivity contribution in [3.8, 4) is 0 Å². The molecule has 2 aromatic rings. The molecular formula is C16H22N4OS. The van der Waals surface area contributed by atoms with Gasteiger partial charge in [0.2, 0.25) is 0 Å². The van der Waals surface area contributed by atoms with Crippen molar-refractivity contribution >= 4 is 17.4 Å². The van der Waals surface area contributed by atoms with Crippen molar-refractivity contribution in [3.05, 3.63) is 45.7 Å². The van der Waals surface area contributed by atoms with E-state index in [1.807, 2.05) is 32.0 Å². The number of nitrogens with zero attached hydrogens (tertiary/aromatic N) is 2. The van der Waals surface area contributed by atoms with Crippen molar-refractivity contribution in [2.45, 2.75) is 40.3 Å². The van der Waals surface area contributed by atoms with Gasteiger partial charge in [0.15, 0.2) is 0 Å². The molecule has 0 aliphatic heterocycles. The first-order valence-electron chi connectivity index (χ1n) is 7.35. The topological polar surface area (TPSA) is 66.9 Å². The SMILES string of the molecule is Cc1nc(CNC(=O)N[C@@H](c2ccccn2)C(C)C)sc1C. The molecule has 2 aromatic heterocycles. The molecule has 0 aliphatic rings. The molecule has 2 rings (SSSR count). The summed E-state index contributed by atoms with van der Waals surface area (Å²) in [4.78, 5) is 22.1. The largest absolute Gasteiger partial charge is 0.332 e. The van der Waals surface area contributed by atoms with Crippen LogP contribution >= 0.6 is 11.3 Å². The number of carbonyl (C=O) groups is 1. The van der Waals surface area contributed by atoms with E-state index >= 15 is 0 Å². The van der Waals surface area contributed by atoms with Crippen molar-refractivity contribution in [2.24, 2.45) is 5.92 Å². The highest BCUT2D eigenvalue weighted by Gasteiger charge is 2.19. The molecule has 0 aromatic carbocycles. The average molecular weight is 318 g/mol. The maximum atomic E-state index is 12.1. The predicted molar refractivity (Wildman–Crippen MR) is 88.8 cm³/mol. The van der Waals surface area contributed by atoms with Gasteiger partial charge in [-0.1, -0.05) is 19.9 Å². The van der Waals surface area contributed by atoms with Gasteiger partial charge in [0.1, 0.15) is 5.01 Å².